The Morgan fingerprint density at radius 3 is 2.55 bits per heavy atom. The number of aryl methyl sites for hydroxylation is 1. The molecule has 0 aliphatic rings. The highest BCUT2D eigenvalue weighted by Gasteiger charge is 1.97. The smallest absolute Gasteiger partial charge is 0.191 e. The van der Waals surface area contributed by atoms with E-state index in [1.165, 1.54) is 11.1 Å². The molecule has 1 aromatic carbocycles. The Bertz CT molecular complexity index is 387. The van der Waals surface area contributed by atoms with Gasteiger partial charge in [0.15, 0.2) is 5.96 Å². The molecule has 0 saturated heterocycles. The lowest BCUT2D eigenvalue weighted by Crippen LogP contribution is -2.38. The number of nitrogens with one attached hydrogen (secondary N) is 2. The summed E-state index contributed by atoms with van der Waals surface area (Å²) in [6.07, 6.45) is 0.996. The second kappa shape index (κ2) is 10.3. The molecular weight excluding hydrogens is 250 g/mol. The van der Waals surface area contributed by atoms with Gasteiger partial charge in [-0.2, -0.15) is 0 Å². The normalized spacial score (nSPS) is 11.4. The van der Waals surface area contributed by atoms with Crippen LogP contribution in [0.15, 0.2) is 29.3 Å². The maximum atomic E-state index is 5.28. The summed E-state index contributed by atoms with van der Waals surface area (Å²) in [6.45, 7) is 10.0. The van der Waals surface area contributed by atoms with Gasteiger partial charge in [-0.3, -0.25) is 4.99 Å². The monoisotopic (exact) mass is 277 g/mol. The van der Waals surface area contributed by atoms with E-state index in [2.05, 4.69) is 53.7 Å². The van der Waals surface area contributed by atoms with Crippen molar-refractivity contribution >= 4 is 5.96 Å². The van der Waals surface area contributed by atoms with Crippen LogP contribution in [0.2, 0.25) is 0 Å². The van der Waals surface area contributed by atoms with E-state index in [-0.39, 0.29) is 0 Å². The minimum atomic E-state index is 0.672. The predicted octanol–water partition coefficient (Wildman–Crippen LogP) is 2.13. The lowest BCUT2D eigenvalue weighted by atomic mass is 10.1. The zero-order chi connectivity index (χ0) is 14.6. The molecule has 0 atom stereocenters. The van der Waals surface area contributed by atoms with Crippen molar-refractivity contribution in [1.82, 2.24) is 10.6 Å². The van der Waals surface area contributed by atoms with Crippen LogP contribution in [0, 0.1) is 6.92 Å². The number of ether oxygens (including phenoxy) is 1. The van der Waals surface area contributed by atoms with E-state index in [1.54, 1.807) is 0 Å². The van der Waals surface area contributed by atoms with Crippen LogP contribution in [0.1, 0.15) is 25.0 Å². The van der Waals surface area contributed by atoms with Crippen molar-refractivity contribution in [2.75, 3.05) is 32.8 Å². The first kappa shape index (κ1) is 16.5. The van der Waals surface area contributed by atoms with Crippen molar-refractivity contribution in [1.29, 1.82) is 0 Å². The van der Waals surface area contributed by atoms with Crippen LogP contribution in [-0.4, -0.2) is 38.8 Å². The average molecular weight is 277 g/mol. The molecule has 0 heterocycles. The van der Waals surface area contributed by atoms with Crippen molar-refractivity contribution in [3.05, 3.63) is 35.4 Å². The van der Waals surface area contributed by atoms with E-state index in [9.17, 15) is 0 Å². The van der Waals surface area contributed by atoms with Gasteiger partial charge in [0.05, 0.1) is 13.2 Å². The third-order valence-electron chi connectivity index (χ3n) is 2.88. The first-order chi connectivity index (χ1) is 9.76. The summed E-state index contributed by atoms with van der Waals surface area (Å²) in [7, 11) is 0. The molecule has 0 spiro atoms. The van der Waals surface area contributed by atoms with Gasteiger partial charge >= 0.3 is 0 Å². The van der Waals surface area contributed by atoms with Crippen LogP contribution < -0.4 is 10.6 Å². The predicted molar refractivity (Wildman–Crippen MR) is 85.4 cm³/mol. The van der Waals surface area contributed by atoms with Gasteiger partial charge in [-0.05, 0) is 32.8 Å². The van der Waals surface area contributed by atoms with Gasteiger partial charge in [-0.15, -0.1) is 0 Å². The number of benzene rings is 1. The maximum absolute atomic E-state index is 5.28. The van der Waals surface area contributed by atoms with Gasteiger partial charge in [0, 0.05) is 19.7 Å². The van der Waals surface area contributed by atoms with Crippen molar-refractivity contribution in [3.8, 4) is 0 Å². The molecule has 112 valence electrons. The summed E-state index contributed by atoms with van der Waals surface area (Å²) in [5.74, 6) is 0.860. The molecule has 0 aliphatic carbocycles. The minimum absolute atomic E-state index is 0.672. The summed E-state index contributed by atoms with van der Waals surface area (Å²) in [5.41, 5.74) is 2.64. The number of nitrogens with zero attached hydrogens (tertiary/aromatic N) is 1. The summed E-state index contributed by atoms with van der Waals surface area (Å²) < 4.78 is 5.28. The first-order valence-electron chi connectivity index (χ1n) is 7.41. The molecule has 2 N–H and O–H groups in total. The highest BCUT2D eigenvalue weighted by Crippen LogP contribution is 2.02. The summed E-state index contributed by atoms with van der Waals surface area (Å²) in [6, 6.07) is 8.65. The molecule has 0 unspecified atom stereocenters. The van der Waals surface area contributed by atoms with Crippen molar-refractivity contribution in [2.45, 2.75) is 27.2 Å². The fraction of sp³-hybridized carbons (Fsp3) is 0.562. The zero-order valence-electron chi connectivity index (χ0n) is 12.9. The molecule has 1 rings (SSSR count). The molecule has 1 aromatic rings. The average Bonchev–Trinajstić information content (AvgIpc) is 2.45. The van der Waals surface area contributed by atoms with Crippen LogP contribution in [0.4, 0.5) is 0 Å². The Kier molecular flexibility index (Phi) is 8.47. The van der Waals surface area contributed by atoms with Crippen molar-refractivity contribution in [3.63, 3.8) is 0 Å². The van der Waals surface area contributed by atoms with E-state index in [4.69, 9.17) is 4.74 Å². The Balaban J connectivity index is 2.32. The van der Waals surface area contributed by atoms with E-state index in [0.717, 1.165) is 32.1 Å². The fourth-order valence-electron chi connectivity index (χ4n) is 1.79. The minimum Gasteiger partial charge on any atom is -0.380 e. The van der Waals surface area contributed by atoms with Crippen LogP contribution in [-0.2, 0) is 11.2 Å². The van der Waals surface area contributed by atoms with Gasteiger partial charge in [0.2, 0.25) is 0 Å². The van der Waals surface area contributed by atoms with Crippen LogP contribution in [0.5, 0.6) is 0 Å². The number of hydrogen-bond acceptors (Lipinski definition) is 2. The molecule has 4 nitrogen and oxygen atoms in total. The van der Waals surface area contributed by atoms with Gasteiger partial charge in [0.1, 0.15) is 0 Å². The van der Waals surface area contributed by atoms with Gasteiger partial charge in [-0.25, -0.2) is 0 Å². The van der Waals surface area contributed by atoms with Crippen molar-refractivity contribution < 1.29 is 4.74 Å². The molecule has 4 heteroatoms. The number of guanidine groups is 1. The topological polar surface area (TPSA) is 45.7 Å². The van der Waals surface area contributed by atoms with Crippen LogP contribution >= 0.6 is 0 Å². The number of rotatable bonds is 8. The summed E-state index contributed by atoms with van der Waals surface area (Å²) >= 11 is 0. The number of aliphatic imine (C=N–C) groups is 1. The molecule has 0 bridgehead atoms. The van der Waals surface area contributed by atoms with E-state index in [1.807, 2.05) is 6.92 Å². The highest BCUT2D eigenvalue weighted by molar-refractivity contribution is 5.79. The van der Waals surface area contributed by atoms with E-state index in [0.29, 0.717) is 13.2 Å². The van der Waals surface area contributed by atoms with Crippen LogP contribution in [0.25, 0.3) is 0 Å². The van der Waals surface area contributed by atoms with Gasteiger partial charge in [-0.1, -0.05) is 29.8 Å². The standard InChI is InChI=1S/C16H27N3O/c1-4-17-16(19-12-13-20-5-2)18-11-10-15-8-6-14(3)7-9-15/h6-9H,4-5,10-13H2,1-3H3,(H2,17,18,19). The third-order valence-corrected chi connectivity index (χ3v) is 2.88. The largest absolute Gasteiger partial charge is 0.380 e. The molecule has 0 fully saturated rings. The third kappa shape index (κ3) is 7.14. The van der Waals surface area contributed by atoms with Crippen molar-refractivity contribution in [2.24, 2.45) is 4.99 Å². The second-order valence-corrected chi connectivity index (χ2v) is 4.62. The fourth-order valence-corrected chi connectivity index (χ4v) is 1.79. The van der Waals surface area contributed by atoms with Gasteiger partial charge < -0.3 is 15.4 Å². The lowest BCUT2D eigenvalue weighted by molar-refractivity contribution is 0.155. The summed E-state index contributed by atoms with van der Waals surface area (Å²) in [4.78, 5) is 4.47. The number of hydrogen-bond donors (Lipinski definition) is 2. The molecule has 20 heavy (non-hydrogen) atoms. The maximum Gasteiger partial charge on any atom is 0.191 e. The van der Waals surface area contributed by atoms with Gasteiger partial charge in [0.25, 0.3) is 0 Å². The Hall–Kier alpha value is -1.55. The lowest BCUT2D eigenvalue weighted by Gasteiger charge is -2.11. The second-order valence-electron chi connectivity index (χ2n) is 4.62. The molecule has 0 aromatic heterocycles. The molecular formula is C16H27N3O. The molecule has 0 aliphatic heterocycles. The molecule has 0 saturated carbocycles. The quantitative estimate of drug-likeness (QED) is 0.435. The van der Waals surface area contributed by atoms with E-state index >= 15 is 0 Å². The Morgan fingerprint density at radius 1 is 1.15 bits per heavy atom. The van der Waals surface area contributed by atoms with E-state index < -0.39 is 0 Å². The Labute approximate surface area is 122 Å². The first-order valence-corrected chi connectivity index (χ1v) is 7.41. The zero-order valence-corrected chi connectivity index (χ0v) is 12.9. The Morgan fingerprint density at radius 2 is 1.90 bits per heavy atom. The highest BCUT2D eigenvalue weighted by atomic mass is 16.5. The SMILES string of the molecule is CCNC(=NCCOCC)NCCc1ccc(C)cc1. The van der Waals surface area contributed by atoms with Crippen LogP contribution in [0.3, 0.4) is 0 Å². The molecule has 0 amide bonds. The molecule has 0 radical (unpaired) electrons. The summed E-state index contributed by atoms with van der Waals surface area (Å²) in [5, 5.41) is 6.58.